The van der Waals surface area contributed by atoms with E-state index >= 15 is 0 Å². The molecule has 1 heterocycles. The van der Waals surface area contributed by atoms with Crippen LogP contribution in [-0.4, -0.2) is 29.4 Å². The van der Waals surface area contributed by atoms with E-state index in [1.54, 1.807) is 6.08 Å². The van der Waals surface area contributed by atoms with Crippen molar-refractivity contribution < 1.29 is 19.7 Å². The summed E-state index contributed by atoms with van der Waals surface area (Å²) in [5.74, 6) is -1.03. The van der Waals surface area contributed by atoms with Gasteiger partial charge in [-0.05, 0) is 32.1 Å². The Hall–Kier alpha value is -2.17. The fourth-order valence-electron chi connectivity index (χ4n) is 2.19. The minimum absolute atomic E-state index is 0.0208. The molecule has 0 radical (unpaired) electrons. The normalized spacial score (nSPS) is 22.1. The zero-order valence-corrected chi connectivity index (χ0v) is 15.4. The Bertz CT molecular complexity index is 567. The molecule has 1 aliphatic heterocycles. The van der Waals surface area contributed by atoms with Gasteiger partial charge in [0.2, 0.25) is 0 Å². The smallest absolute Gasteiger partial charge is 0.103 e. The van der Waals surface area contributed by atoms with Crippen LogP contribution in [-0.2, 0) is 9.53 Å². The summed E-state index contributed by atoms with van der Waals surface area (Å²) < 4.78 is 5.33. The molecule has 4 heteroatoms. The van der Waals surface area contributed by atoms with E-state index in [1.165, 1.54) is 0 Å². The lowest BCUT2D eigenvalue weighted by molar-refractivity contribution is -0.305. The topological polar surface area (TPSA) is 72.9 Å². The van der Waals surface area contributed by atoms with E-state index in [4.69, 9.17) is 4.74 Å². The second-order valence-corrected chi connectivity index (χ2v) is 5.98. The molecule has 26 heavy (non-hydrogen) atoms. The summed E-state index contributed by atoms with van der Waals surface area (Å²) in [6.45, 7) is 2.07. The van der Waals surface area contributed by atoms with E-state index < -0.39 is 12.1 Å². The Morgan fingerprint density at radius 1 is 1.08 bits per heavy atom. The monoisotopic (exact) mass is 357 g/mol. The average Bonchev–Trinajstić information content (AvgIpc) is 3.36. The third-order valence-electron chi connectivity index (χ3n) is 3.66. The zero-order chi connectivity index (χ0) is 19.0. The molecule has 0 spiro atoms. The quantitative estimate of drug-likeness (QED) is 0.312. The molecular formula is C22H29O4-. The molecule has 2 unspecified atom stereocenters. The highest BCUT2D eigenvalue weighted by Gasteiger charge is 2.35. The van der Waals surface area contributed by atoms with Gasteiger partial charge in [-0.1, -0.05) is 79.8 Å². The van der Waals surface area contributed by atoms with Crippen LogP contribution in [0.4, 0.5) is 0 Å². The van der Waals surface area contributed by atoms with Crippen molar-refractivity contribution in [1.29, 1.82) is 0 Å². The van der Waals surface area contributed by atoms with Crippen LogP contribution in [0.2, 0.25) is 0 Å². The Kier molecular flexibility index (Phi) is 11.8. The highest BCUT2D eigenvalue weighted by Crippen LogP contribution is 2.27. The van der Waals surface area contributed by atoms with E-state index in [9.17, 15) is 15.0 Å². The van der Waals surface area contributed by atoms with Gasteiger partial charge in [0.05, 0.1) is 12.2 Å². The molecule has 0 bridgehead atoms. The van der Waals surface area contributed by atoms with Crippen molar-refractivity contribution in [3.05, 3.63) is 72.9 Å². The molecule has 0 saturated carbocycles. The molecule has 0 amide bonds. The predicted octanol–water partition coefficient (Wildman–Crippen LogP) is 3.17. The van der Waals surface area contributed by atoms with Gasteiger partial charge in [-0.15, -0.1) is 0 Å². The van der Waals surface area contributed by atoms with Crippen LogP contribution in [0.3, 0.4) is 0 Å². The number of rotatable bonds is 13. The maximum Gasteiger partial charge on any atom is 0.103 e. The van der Waals surface area contributed by atoms with E-state index in [0.29, 0.717) is 12.8 Å². The van der Waals surface area contributed by atoms with Crippen molar-refractivity contribution in [1.82, 2.24) is 0 Å². The van der Waals surface area contributed by atoms with E-state index in [1.807, 2.05) is 66.8 Å². The lowest BCUT2D eigenvalue weighted by Crippen LogP contribution is -2.22. The van der Waals surface area contributed by atoms with Gasteiger partial charge in [-0.2, -0.15) is 0 Å². The molecule has 4 nitrogen and oxygen atoms in total. The molecule has 0 aromatic carbocycles. The first-order chi connectivity index (χ1) is 12.6. The van der Waals surface area contributed by atoms with Gasteiger partial charge < -0.3 is 19.7 Å². The third kappa shape index (κ3) is 12.2. The minimum Gasteiger partial charge on any atom is -0.550 e. The predicted molar refractivity (Wildman–Crippen MR) is 103 cm³/mol. The molecule has 3 atom stereocenters. The summed E-state index contributed by atoms with van der Waals surface area (Å²) in [5.41, 5.74) is 0. The van der Waals surface area contributed by atoms with Gasteiger partial charge >= 0.3 is 0 Å². The second kappa shape index (κ2) is 14.0. The van der Waals surface area contributed by atoms with Crippen molar-refractivity contribution in [2.24, 2.45) is 0 Å². The molecule has 0 aliphatic carbocycles. The minimum atomic E-state index is -1.03. The molecule has 142 valence electrons. The number of ether oxygens (including phenoxy) is 1. The zero-order valence-electron chi connectivity index (χ0n) is 15.4. The molecule has 1 N–H and O–H groups in total. The van der Waals surface area contributed by atoms with Crippen LogP contribution in [0.1, 0.15) is 39.0 Å². The lowest BCUT2D eigenvalue weighted by Gasteiger charge is -1.98. The Morgan fingerprint density at radius 2 is 1.81 bits per heavy atom. The first-order valence-corrected chi connectivity index (χ1v) is 9.15. The number of hydrogen-bond donors (Lipinski definition) is 1. The number of carboxylic acid groups (broad SMARTS) is 1. The Labute approximate surface area is 156 Å². The molecule has 1 aliphatic rings. The molecule has 1 fully saturated rings. The van der Waals surface area contributed by atoms with Crippen molar-refractivity contribution in [2.75, 3.05) is 0 Å². The number of aliphatic hydroxyl groups is 1. The van der Waals surface area contributed by atoms with Crippen LogP contribution in [0, 0.1) is 0 Å². The first kappa shape index (κ1) is 21.9. The summed E-state index contributed by atoms with van der Waals surface area (Å²) in [6.07, 6.45) is 26.0. The maximum absolute atomic E-state index is 10.3. The number of aliphatic carboxylic acids is 1. The summed E-state index contributed by atoms with van der Waals surface area (Å²) in [6, 6.07) is 0. The highest BCUT2D eigenvalue weighted by molar-refractivity contribution is 5.64. The Morgan fingerprint density at radius 3 is 2.54 bits per heavy atom. The van der Waals surface area contributed by atoms with Crippen molar-refractivity contribution in [3.63, 3.8) is 0 Å². The van der Waals surface area contributed by atoms with Gasteiger partial charge in [0.1, 0.15) is 6.10 Å². The van der Waals surface area contributed by atoms with E-state index in [0.717, 1.165) is 12.8 Å². The van der Waals surface area contributed by atoms with Gasteiger partial charge in [0.15, 0.2) is 0 Å². The maximum atomic E-state index is 10.3. The summed E-state index contributed by atoms with van der Waals surface area (Å²) in [7, 11) is 0. The molecule has 1 rings (SSSR count). The average molecular weight is 357 g/mol. The molecule has 0 aromatic heterocycles. The molecule has 0 aromatic rings. The number of aliphatic hydroxyl groups excluding tert-OH is 1. The van der Waals surface area contributed by atoms with Crippen molar-refractivity contribution >= 4 is 5.97 Å². The number of allylic oxidation sites excluding steroid dienone is 9. The van der Waals surface area contributed by atoms with Crippen LogP contribution < -0.4 is 5.11 Å². The summed E-state index contributed by atoms with van der Waals surface area (Å²) in [5, 5.41) is 20.0. The van der Waals surface area contributed by atoms with Gasteiger partial charge in [0, 0.05) is 5.97 Å². The van der Waals surface area contributed by atoms with Gasteiger partial charge in [0.25, 0.3) is 0 Å². The number of carbonyl (C=O) groups excluding carboxylic acids is 1. The highest BCUT2D eigenvalue weighted by atomic mass is 16.6. The third-order valence-corrected chi connectivity index (χ3v) is 3.66. The second-order valence-electron chi connectivity index (χ2n) is 5.98. The molecule has 1 saturated heterocycles. The standard InChI is InChI=1S/C22H30O4/c1-2-3-11-14-19(23)15-12-9-7-5-4-6-8-10-13-16-20-21(26-20)17-18-22(24)25/h3-4,6-13,15-16,19-21,23H,2,5,14,17-18H2,1H3,(H,24,25)/p-1/b6-4-,9-7-,10-8+,11-3-,15-12+,16-13+/t19-,20?,21?/m0/s1. The summed E-state index contributed by atoms with van der Waals surface area (Å²) >= 11 is 0. The largest absolute Gasteiger partial charge is 0.550 e. The van der Waals surface area contributed by atoms with Crippen molar-refractivity contribution in [2.45, 2.75) is 57.3 Å². The number of hydrogen-bond acceptors (Lipinski definition) is 4. The van der Waals surface area contributed by atoms with Crippen LogP contribution in [0.15, 0.2) is 72.9 Å². The number of carbonyl (C=O) groups is 1. The van der Waals surface area contributed by atoms with Crippen LogP contribution in [0.25, 0.3) is 0 Å². The fourth-order valence-corrected chi connectivity index (χ4v) is 2.19. The fraction of sp³-hybridized carbons (Fsp3) is 0.409. The van der Waals surface area contributed by atoms with Gasteiger partial charge in [-0.3, -0.25) is 0 Å². The SMILES string of the molecule is CC/C=C\C[C@H](O)/C=C/C=C\C\C=C/C=C/C=C/C1OC1CCC(=O)[O-]. The van der Waals surface area contributed by atoms with Crippen molar-refractivity contribution in [3.8, 4) is 0 Å². The van der Waals surface area contributed by atoms with E-state index in [2.05, 4.69) is 6.92 Å². The van der Waals surface area contributed by atoms with Crippen LogP contribution in [0.5, 0.6) is 0 Å². The number of carboxylic acids is 1. The Balaban J connectivity index is 2.08. The summed E-state index contributed by atoms with van der Waals surface area (Å²) in [4.78, 5) is 10.3. The lowest BCUT2D eigenvalue weighted by atomic mass is 10.2. The van der Waals surface area contributed by atoms with Gasteiger partial charge in [-0.25, -0.2) is 0 Å². The first-order valence-electron chi connectivity index (χ1n) is 9.15. The number of epoxide rings is 1. The molecular weight excluding hydrogens is 328 g/mol. The van der Waals surface area contributed by atoms with E-state index in [-0.39, 0.29) is 18.6 Å². The van der Waals surface area contributed by atoms with Crippen LogP contribution >= 0.6 is 0 Å².